The van der Waals surface area contributed by atoms with Crippen LogP contribution in [0.3, 0.4) is 0 Å². The third-order valence-electron chi connectivity index (χ3n) is 2.06. The fraction of sp³-hybridized carbons (Fsp3) is 0.818. The molecule has 0 aliphatic heterocycles. The van der Waals surface area contributed by atoms with Gasteiger partial charge >= 0.3 is 5.97 Å². The molecule has 1 amide bonds. The van der Waals surface area contributed by atoms with E-state index in [0.29, 0.717) is 12.5 Å². The molecular weight excluding hydrogens is 194 g/mol. The highest BCUT2D eigenvalue weighted by atomic mass is 16.4. The first kappa shape index (κ1) is 13.9. The first-order valence-corrected chi connectivity index (χ1v) is 5.16. The maximum Gasteiger partial charge on any atom is 0.316 e. The summed E-state index contributed by atoms with van der Waals surface area (Å²) in [5.74, 6) is -2.13. The third kappa shape index (κ3) is 4.81. The molecule has 0 saturated heterocycles. The quantitative estimate of drug-likeness (QED) is 0.698. The highest BCUT2D eigenvalue weighted by molar-refractivity contribution is 5.97. The first-order chi connectivity index (χ1) is 6.66. The van der Waals surface area contributed by atoms with Crippen LogP contribution in [0.1, 0.15) is 34.6 Å². The van der Waals surface area contributed by atoms with Crippen LogP contribution in [0, 0.1) is 17.3 Å². The van der Waals surface area contributed by atoms with E-state index in [0.717, 1.165) is 0 Å². The summed E-state index contributed by atoms with van der Waals surface area (Å²) >= 11 is 0. The van der Waals surface area contributed by atoms with Gasteiger partial charge in [-0.05, 0) is 11.3 Å². The van der Waals surface area contributed by atoms with Crippen molar-refractivity contribution in [1.82, 2.24) is 5.32 Å². The van der Waals surface area contributed by atoms with Crippen molar-refractivity contribution in [2.24, 2.45) is 17.3 Å². The average Bonchev–Trinajstić information content (AvgIpc) is 1.96. The molecule has 88 valence electrons. The predicted molar refractivity (Wildman–Crippen MR) is 58.4 cm³/mol. The Morgan fingerprint density at radius 1 is 1.27 bits per heavy atom. The minimum absolute atomic E-state index is 0.323. The Hall–Kier alpha value is -1.06. The Bertz CT molecular complexity index is 241. The molecule has 0 saturated carbocycles. The summed E-state index contributed by atoms with van der Waals surface area (Å²) in [6.07, 6.45) is 0. The number of carbonyl (C=O) groups excluding carboxylic acids is 1. The van der Waals surface area contributed by atoms with Crippen molar-refractivity contribution in [3.05, 3.63) is 0 Å². The summed E-state index contributed by atoms with van der Waals surface area (Å²) < 4.78 is 0. The molecule has 0 fully saturated rings. The monoisotopic (exact) mass is 215 g/mol. The van der Waals surface area contributed by atoms with E-state index in [1.807, 2.05) is 13.8 Å². The van der Waals surface area contributed by atoms with Crippen molar-refractivity contribution in [2.75, 3.05) is 6.54 Å². The van der Waals surface area contributed by atoms with Gasteiger partial charge in [-0.2, -0.15) is 0 Å². The van der Waals surface area contributed by atoms with Crippen LogP contribution in [-0.2, 0) is 9.59 Å². The van der Waals surface area contributed by atoms with Gasteiger partial charge in [-0.15, -0.1) is 0 Å². The van der Waals surface area contributed by atoms with E-state index in [9.17, 15) is 9.59 Å². The zero-order valence-electron chi connectivity index (χ0n) is 10.1. The molecule has 0 spiro atoms. The number of carbonyl (C=O) groups is 2. The van der Waals surface area contributed by atoms with Crippen molar-refractivity contribution in [2.45, 2.75) is 34.6 Å². The third-order valence-corrected chi connectivity index (χ3v) is 2.06. The lowest BCUT2D eigenvalue weighted by Crippen LogP contribution is -2.43. The van der Waals surface area contributed by atoms with Gasteiger partial charge in [0.1, 0.15) is 5.92 Å². The summed E-state index contributed by atoms with van der Waals surface area (Å²) in [4.78, 5) is 22.6. The normalized spacial score (nSPS) is 13.7. The maximum atomic E-state index is 11.6. The molecule has 0 rings (SSSR count). The van der Waals surface area contributed by atoms with Crippen LogP contribution in [0.15, 0.2) is 0 Å². The van der Waals surface area contributed by atoms with E-state index in [4.69, 9.17) is 5.11 Å². The lowest BCUT2D eigenvalue weighted by atomic mass is 9.80. The van der Waals surface area contributed by atoms with Crippen molar-refractivity contribution >= 4 is 11.9 Å². The Morgan fingerprint density at radius 2 is 1.73 bits per heavy atom. The molecule has 2 N–H and O–H groups in total. The Kier molecular flexibility index (Phi) is 4.78. The fourth-order valence-electron chi connectivity index (χ4n) is 1.28. The van der Waals surface area contributed by atoms with E-state index in [1.54, 1.807) is 20.8 Å². The lowest BCUT2D eigenvalue weighted by Gasteiger charge is -2.26. The molecule has 0 bridgehead atoms. The van der Waals surface area contributed by atoms with Crippen LogP contribution in [-0.4, -0.2) is 23.5 Å². The minimum Gasteiger partial charge on any atom is -0.481 e. The van der Waals surface area contributed by atoms with E-state index in [2.05, 4.69) is 5.32 Å². The zero-order valence-corrected chi connectivity index (χ0v) is 10.1. The standard InChI is InChI=1S/C11H21NO3/c1-7(2)6-12-9(13)8(10(14)15)11(3,4)5/h7-8H,6H2,1-5H3,(H,12,13)(H,14,15). The summed E-state index contributed by atoms with van der Waals surface area (Å²) in [5.41, 5.74) is -0.563. The van der Waals surface area contributed by atoms with Crippen LogP contribution < -0.4 is 5.32 Å². The SMILES string of the molecule is CC(C)CNC(=O)C(C(=O)O)C(C)(C)C. The van der Waals surface area contributed by atoms with Gasteiger partial charge in [0.2, 0.25) is 5.91 Å². The van der Waals surface area contributed by atoms with Crippen LogP contribution >= 0.6 is 0 Å². The van der Waals surface area contributed by atoms with Gasteiger partial charge in [0, 0.05) is 6.54 Å². The molecule has 0 heterocycles. The van der Waals surface area contributed by atoms with Crippen molar-refractivity contribution < 1.29 is 14.7 Å². The summed E-state index contributed by atoms with van der Waals surface area (Å²) in [6.45, 7) is 9.70. The largest absolute Gasteiger partial charge is 0.481 e. The van der Waals surface area contributed by atoms with E-state index >= 15 is 0 Å². The molecule has 15 heavy (non-hydrogen) atoms. The molecule has 4 heteroatoms. The zero-order chi connectivity index (χ0) is 12.2. The van der Waals surface area contributed by atoms with Gasteiger partial charge in [0.25, 0.3) is 0 Å². The summed E-state index contributed by atoms with van der Waals surface area (Å²) in [7, 11) is 0. The predicted octanol–water partition coefficient (Wildman–Crippen LogP) is 1.51. The van der Waals surface area contributed by atoms with E-state index < -0.39 is 23.2 Å². The number of amides is 1. The Labute approximate surface area is 91.1 Å². The van der Waals surface area contributed by atoms with Gasteiger partial charge in [-0.3, -0.25) is 9.59 Å². The minimum atomic E-state index is -1.07. The number of carboxylic acid groups (broad SMARTS) is 1. The van der Waals surface area contributed by atoms with Crippen LogP contribution in [0.5, 0.6) is 0 Å². The first-order valence-electron chi connectivity index (χ1n) is 5.16. The molecule has 0 aliphatic carbocycles. The molecule has 0 aromatic rings. The van der Waals surface area contributed by atoms with E-state index in [-0.39, 0.29) is 0 Å². The lowest BCUT2D eigenvalue weighted by molar-refractivity contribution is -0.151. The molecule has 4 nitrogen and oxygen atoms in total. The Morgan fingerprint density at radius 3 is 2.00 bits per heavy atom. The second kappa shape index (κ2) is 5.14. The van der Waals surface area contributed by atoms with Crippen molar-refractivity contribution in [1.29, 1.82) is 0 Å². The summed E-state index contributed by atoms with van der Waals surface area (Å²) in [6, 6.07) is 0. The van der Waals surface area contributed by atoms with Crippen molar-refractivity contribution in [3.63, 3.8) is 0 Å². The molecule has 0 aromatic heterocycles. The van der Waals surface area contributed by atoms with Gasteiger partial charge < -0.3 is 10.4 Å². The highest BCUT2D eigenvalue weighted by Crippen LogP contribution is 2.26. The molecule has 1 atom stereocenters. The molecule has 0 aliphatic rings. The molecule has 1 unspecified atom stereocenters. The number of nitrogens with one attached hydrogen (secondary N) is 1. The number of hydrogen-bond acceptors (Lipinski definition) is 2. The number of rotatable bonds is 4. The second-order valence-corrected chi connectivity index (χ2v) is 5.28. The Balaban J connectivity index is 4.52. The highest BCUT2D eigenvalue weighted by Gasteiger charge is 2.37. The molecule has 0 aromatic carbocycles. The summed E-state index contributed by atoms with van der Waals surface area (Å²) in [5, 5.41) is 11.6. The molecule has 0 radical (unpaired) electrons. The maximum absolute atomic E-state index is 11.6. The average molecular weight is 215 g/mol. The van der Waals surface area contributed by atoms with Gasteiger partial charge in [0.05, 0.1) is 0 Å². The topological polar surface area (TPSA) is 66.4 Å². The van der Waals surface area contributed by atoms with Gasteiger partial charge in [-0.1, -0.05) is 34.6 Å². The van der Waals surface area contributed by atoms with Crippen LogP contribution in [0.4, 0.5) is 0 Å². The van der Waals surface area contributed by atoms with Crippen molar-refractivity contribution in [3.8, 4) is 0 Å². The second-order valence-electron chi connectivity index (χ2n) is 5.28. The van der Waals surface area contributed by atoms with Gasteiger partial charge in [0.15, 0.2) is 0 Å². The van der Waals surface area contributed by atoms with E-state index in [1.165, 1.54) is 0 Å². The fourth-order valence-corrected chi connectivity index (χ4v) is 1.28. The number of carboxylic acids is 1. The number of hydrogen-bond donors (Lipinski definition) is 2. The van der Waals surface area contributed by atoms with Crippen LogP contribution in [0.25, 0.3) is 0 Å². The number of aliphatic carboxylic acids is 1. The van der Waals surface area contributed by atoms with Gasteiger partial charge in [-0.25, -0.2) is 0 Å². The van der Waals surface area contributed by atoms with Crippen LogP contribution in [0.2, 0.25) is 0 Å². The smallest absolute Gasteiger partial charge is 0.316 e. The molecular formula is C11H21NO3.